The summed E-state index contributed by atoms with van der Waals surface area (Å²) in [4.78, 5) is 4.02. The summed E-state index contributed by atoms with van der Waals surface area (Å²) in [5, 5.41) is 3.71. The first-order valence-electron chi connectivity index (χ1n) is 6.49. The van der Waals surface area contributed by atoms with Crippen LogP contribution in [0.2, 0.25) is 0 Å². The van der Waals surface area contributed by atoms with Gasteiger partial charge < -0.3 is 9.26 Å². The highest BCUT2D eigenvalue weighted by atomic mass is 19.1. The molecule has 1 aromatic heterocycles. The lowest BCUT2D eigenvalue weighted by atomic mass is 10.2. The van der Waals surface area contributed by atoms with E-state index in [1.165, 1.54) is 18.9 Å². The quantitative estimate of drug-likeness (QED) is 0.849. The molecule has 1 fully saturated rings. The molecule has 0 N–H and O–H groups in total. The molecule has 0 aliphatic heterocycles. The first-order chi connectivity index (χ1) is 9.22. The SMILES string of the molecule is Cc1nc(-c2ccc(OC3CCCC3)cc2F)no1. The Morgan fingerprint density at radius 1 is 1.32 bits per heavy atom. The van der Waals surface area contributed by atoms with Gasteiger partial charge in [0.15, 0.2) is 0 Å². The van der Waals surface area contributed by atoms with Crippen LogP contribution in [0.3, 0.4) is 0 Å². The third kappa shape index (κ3) is 2.59. The Bertz CT molecular complexity index is 577. The Balaban J connectivity index is 1.81. The molecule has 1 aliphatic rings. The van der Waals surface area contributed by atoms with Crippen LogP contribution >= 0.6 is 0 Å². The van der Waals surface area contributed by atoms with Crippen molar-refractivity contribution >= 4 is 0 Å². The van der Waals surface area contributed by atoms with Gasteiger partial charge in [-0.25, -0.2) is 4.39 Å². The standard InChI is InChI=1S/C14H15FN2O2/c1-9-16-14(17-19-9)12-7-6-11(8-13(12)15)18-10-4-2-3-5-10/h6-8,10H,2-5H2,1H3. The second kappa shape index (κ2) is 4.99. The van der Waals surface area contributed by atoms with E-state index in [1.807, 2.05) is 0 Å². The molecular weight excluding hydrogens is 247 g/mol. The molecule has 100 valence electrons. The van der Waals surface area contributed by atoms with Crippen molar-refractivity contribution in [3.05, 3.63) is 29.9 Å². The molecule has 1 saturated carbocycles. The van der Waals surface area contributed by atoms with Crippen LogP contribution in [-0.2, 0) is 0 Å². The number of hydrogen-bond acceptors (Lipinski definition) is 4. The van der Waals surface area contributed by atoms with Crippen LogP contribution < -0.4 is 4.74 Å². The molecule has 4 nitrogen and oxygen atoms in total. The summed E-state index contributed by atoms with van der Waals surface area (Å²) in [6, 6.07) is 4.77. The second-order valence-corrected chi connectivity index (χ2v) is 4.80. The second-order valence-electron chi connectivity index (χ2n) is 4.80. The Morgan fingerprint density at radius 3 is 2.74 bits per heavy atom. The molecule has 0 amide bonds. The molecule has 5 heteroatoms. The van der Waals surface area contributed by atoms with Crippen LogP contribution in [0.5, 0.6) is 5.75 Å². The van der Waals surface area contributed by atoms with Gasteiger partial charge >= 0.3 is 0 Å². The van der Waals surface area contributed by atoms with E-state index in [0.29, 0.717) is 17.2 Å². The molecule has 19 heavy (non-hydrogen) atoms. The van der Waals surface area contributed by atoms with Crippen LogP contribution in [0.1, 0.15) is 31.6 Å². The zero-order valence-corrected chi connectivity index (χ0v) is 10.7. The largest absolute Gasteiger partial charge is 0.490 e. The van der Waals surface area contributed by atoms with Crippen molar-refractivity contribution in [1.82, 2.24) is 10.1 Å². The van der Waals surface area contributed by atoms with Crippen LogP contribution in [0.4, 0.5) is 4.39 Å². The smallest absolute Gasteiger partial charge is 0.223 e. The fraction of sp³-hybridized carbons (Fsp3) is 0.429. The monoisotopic (exact) mass is 262 g/mol. The van der Waals surface area contributed by atoms with Crippen LogP contribution in [0.15, 0.2) is 22.7 Å². The molecule has 0 bridgehead atoms. The molecule has 1 aliphatic carbocycles. The Morgan fingerprint density at radius 2 is 2.11 bits per heavy atom. The fourth-order valence-electron chi connectivity index (χ4n) is 2.36. The van der Waals surface area contributed by atoms with E-state index < -0.39 is 5.82 Å². The molecule has 1 heterocycles. The van der Waals surface area contributed by atoms with Gasteiger partial charge in [-0.15, -0.1) is 0 Å². The maximum atomic E-state index is 14.0. The predicted molar refractivity (Wildman–Crippen MR) is 67.3 cm³/mol. The lowest BCUT2D eigenvalue weighted by Gasteiger charge is -2.13. The summed E-state index contributed by atoms with van der Waals surface area (Å²) in [5.74, 6) is 0.854. The minimum Gasteiger partial charge on any atom is -0.490 e. The lowest BCUT2D eigenvalue weighted by molar-refractivity contribution is 0.209. The van der Waals surface area contributed by atoms with Gasteiger partial charge in [-0.2, -0.15) is 4.98 Å². The molecule has 0 unspecified atom stereocenters. The molecule has 3 rings (SSSR count). The first-order valence-corrected chi connectivity index (χ1v) is 6.49. The Hall–Kier alpha value is -1.91. The maximum absolute atomic E-state index is 14.0. The van der Waals surface area contributed by atoms with E-state index in [0.717, 1.165) is 12.8 Å². The summed E-state index contributed by atoms with van der Waals surface area (Å²) in [7, 11) is 0. The number of aromatic nitrogens is 2. The highest BCUT2D eigenvalue weighted by Gasteiger charge is 2.18. The molecule has 0 radical (unpaired) electrons. The Labute approximate surface area is 110 Å². The summed E-state index contributed by atoms with van der Waals surface area (Å²) in [6.07, 6.45) is 4.69. The first kappa shape index (κ1) is 12.1. The van der Waals surface area contributed by atoms with Gasteiger partial charge in [0.05, 0.1) is 11.7 Å². The highest BCUT2D eigenvalue weighted by Crippen LogP contribution is 2.28. The van der Waals surface area contributed by atoms with E-state index in [9.17, 15) is 4.39 Å². The molecular formula is C14H15FN2O2. The number of nitrogens with zero attached hydrogens (tertiary/aromatic N) is 2. The summed E-state index contributed by atoms with van der Waals surface area (Å²) in [6.45, 7) is 1.67. The maximum Gasteiger partial charge on any atom is 0.223 e. The lowest BCUT2D eigenvalue weighted by Crippen LogP contribution is -2.10. The minimum absolute atomic E-state index is 0.220. The number of ether oxygens (including phenoxy) is 1. The van der Waals surface area contributed by atoms with Gasteiger partial charge in [0.25, 0.3) is 0 Å². The van der Waals surface area contributed by atoms with Crippen molar-refractivity contribution < 1.29 is 13.7 Å². The number of rotatable bonds is 3. The number of aryl methyl sites for hydroxylation is 1. The molecule has 0 atom stereocenters. The van der Waals surface area contributed by atoms with E-state index in [2.05, 4.69) is 10.1 Å². The van der Waals surface area contributed by atoms with Crippen molar-refractivity contribution in [1.29, 1.82) is 0 Å². The fourth-order valence-corrected chi connectivity index (χ4v) is 2.36. The number of hydrogen-bond donors (Lipinski definition) is 0. The Kier molecular flexibility index (Phi) is 3.19. The topological polar surface area (TPSA) is 48.2 Å². The normalized spacial score (nSPS) is 15.9. The average molecular weight is 262 g/mol. The summed E-state index contributed by atoms with van der Waals surface area (Å²) < 4.78 is 24.6. The number of halogens is 1. The molecule has 0 saturated heterocycles. The summed E-state index contributed by atoms with van der Waals surface area (Å²) >= 11 is 0. The van der Waals surface area contributed by atoms with Crippen LogP contribution in [0.25, 0.3) is 11.4 Å². The van der Waals surface area contributed by atoms with Crippen molar-refractivity contribution in [2.75, 3.05) is 0 Å². The van der Waals surface area contributed by atoms with Crippen molar-refractivity contribution in [3.8, 4) is 17.1 Å². The van der Waals surface area contributed by atoms with Crippen LogP contribution in [0, 0.1) is 12.7 Å². The van der Waals surface area contributed by atoms with E-state index in [4.69, 9.17) is 9.26 Å². The van der Waals surface area contributed by atoms with E-state index in [-0.39, 0.29) is 11.9 Å². The zero-order chi connectivity index (χ0) is 13.2. The van der Waals surface area contributed by atoms with Gasteiger partial charge in [-0.1, -0.05) is 5.16 Å². The summed E-state index contributed by atoms with van der Waals surface area (Å²) in [5.41, 5.74) is 0.329. The number of benzene rings is 1. The zero-order valence-electron chi connectivity index (χ0n) is 10.7. The van der Waals surface area contributed by atoms with Crippen LogP contribution in [-0.4, -0.2) is 16.2 Å². The van der Waals surface area contributed by atoms with Crippen molar-refractivity contribution in [2.45, 2.75) is 38.7 Å². The predicted octanol–water partition coefficient (Wildman–Crippen LogP) is 3.51. The van der Waals surface area contributed by atoms with Gasteiger partial charge in [0.1, 0.15) is 11.6 Å². The third-order valence-electron chi connectivity index (χ3n) is 3.31. The van der Waals surface area contributed by atoms with Gasteiger partial charge in [-0.05, 0) is 37.8 Å². The third-order valence-corrected chi connectivity index (χ3v) is 3.31. The molecule has 2 aromatic rings. The minimum atomic E-state index is -0.392. The van der Waals surface area contributed by atoms with E-state index in [1.54, 1.807) is 19.1 Å². The van der Waals surface area contributed by atoms with Gasteiger partial charge in [-0.3, -0.25) is 0 Å². The van der Waals surface area contributed by atoms with Gasteiger partial charge in [0.2, 0.25) is 11.7 Å². The molecule has 1 aromatic carbocycles. The highest BCUT2D eigenvalue weighted by molar-refractivity contribution is 5.56. The average Bonchev–Trinajstić information content (AvgIpc) is 3.01. The van der Waals surface area contributed by atoms with Crippen molar-refractivity contribution in [3.63, 3.8) is 0 Å². The van der Waals surface area contributed by atoms with Crippen molar-refractivity contribution in [2.24, 2.45) is 0 Å². The molecule has 0 spiro atoms. The van der Waals surface area contributed by atoms with E-state index >= 15 is 0 Å². The van der Waals surface area contributed by atoms with Gasteiger partial charge in [0, 0.05) is 13.0 Å².